The lowest BCUT2D eigenvalue weighted by atomic mass is 10.1. The highest BCUT2D eigenvalue weighted by atomic mass is 35.5. The molecular weight excluding hydrogens is 444 g/mol. The number of nitrogens with one attached hydrogen (secondary N) is 1. The number of nitrogens with zero attached hydrogens (tertiary/aromatic N) is 1. The van der Waals surface area contributed by atoms with Crippen molar-refractivity contribution < 1.29 is 14.3 Å². The van der Waals surface area contributed by atoms with Crippen molar-refractivity contribution in [2.24, 2.45) is 0 Å². The molecule has 1 amide bonds. The summed E-state index contributed by atoms with van der Waals surface area (Å²) >= 11 is 7.54. The van der Waals surface area contributed by atoms with Gasteiger partial charge in [-0.3, -0.25) is 4.79 Å². The molecule has 1 heterocycles. The summed E-state index contributed by atoms with van der Waals surface area (Å²) in [5, 5.41) is 6.53. The standard InChI is InChI=1S/C25H21ClN2O3S/c1-16(31-22-13-11-21(30-2)12-14-22)24(29)27-20-9-5-17(6-10-20)23-15-32-25(28-23)18-3-7-19(26)8-4-18/h3-16H,1-2H3,(H,27,29). The summed E-state index contributed by atoms with van der Waals surface area (Å²) in [5.74, 6) is 1.10. The monoisotopic (exact) mass is 464 g/mol. The molecule has 0 saturated carbocycles. The Hall–Kier alpha value is -3.35. The SMILES string of the molecule is COc1ccc(OC(C)C(=O)Nc2ccc(-c3csc(-c4ccc(Cl)cc4)n3)cc2)cc1. The normalized spacial score (nSPS) is 11.6. The van der Waals surface area contributed by atoms with Crippen LogP contribution in [-0.4, -0.2) is 24.1 Å². The maximum absolute atomic E-state index is 12.5. The molecule has 0 aliphatic rings. The van der Waals surface area contributed by atoms with Gasteiger partial charge in [-0.1, -0.05) is 35.9 Å². The summed E-state index contributed by atoms with van der Waals surface area (Å²) < 4.78 is 10.8. The first-order valence-corrected chi connectivity index (χ1v) is 11.2. The van der Waals surface area contributed by atoms with Crippen LogP contribution in [0.15, 0.2) is 78.2 Å². The zero-order valence-corrected chi connectivity index (χ0v) is 19.1. The molecule has 0 fully saturated rings. The number of methoxy groups -OCH3 is 1. The fourth-order valence-corrected chi connectivity index (χ4v) is 3.97. The Morgan fingerprint density at radius 2 is 1.56 bits per heavy atom. The first-order valence-electron chi connectivity index (χ1n) is 9.95. The van der Waals surface area contributed by atoms with Crippen molar-refractivity contribution in [1.29, 1.82) is 0 Å². The molecule has 0 spiro atoms. The minimum atomic E-state index is -0.649. The summed E-state index contributed by atoms with van der Waals surface area (Å²) in [7, 11) is 1.60. The summed E-state index contributed by atoms with van der Waals surface area (Å²) in [4.78, 5) is 17.2. The predicted octanol–water partition coefficient (Wildman–Crippen LogP) is 6.55. The average Bonchev–Trinajstić information content (AvgIpc) is 3.31. The average molecular weight is 465 g/mol. The number of benzene rings is 3. The fourth-order valence-electron chi connectivity index (χ4n) is 3.01. The predicted molar refractivity (Wildman–Crippen MR) is 130 cm³/mol. The number of aromatic nitrogens is 1. The third kappa shape index (κ3) is 5.28. The zero-order valence-electron chi connectivity index (χ0n) is 17.5. The molecule has 162 valence electrons. The smallest absolute Gasteiger partial charge is 0.265 e. The second kappa shape index (κ2) is 9.85. The molecule has 0 aliphatic carbocycles. The minimum absolute atomic E-state index is 0.229. The fraction of sp³-hybridized carbons (Fsp3) is 0.120. The van der Waals surface area contributed by atoms with Crippen molar-refractivity contribution in [3.63, 3.8) is 0 Å². The van der Waals surface area contributed by atoms with E-state index in [1.54, 1.807) is 49.6 Å². The topological polar surface area (TPSA) is 60.5 Å². The quantitative estimate of drug-likeness (QED) is 0.337. The summed E-state index contributed by atoms with van der Waals surface area (Å²) in [6.07, 6.45) is -0.649. The maximum Gasteiger partial charge on any atom is 0.265 e. The maximum atomic E-state index is 12.5. The van der Waals surface area contributed by atoms with Crippen LogP contribution in [-0.2, 0) is 4.79 Å². The Morgan fingerprint density at radius 3 is 2.22 bits per heavy atom. The van der Waals surface area contributed by atoms with Crippen LogP contribution < -0.4 is 14.8 Å². The van der Waals surface area contributed by atoms with Crippen LogP contribution in [0.3, 0.4) is 0 Å². The molecule has 1 N–H and O–H groups in total. The van der Waals surface area contributed by atoms with E-state index in [2.05, 4.69) is 5.32 Å². The van der Waals surface area contributed by atoms with Crippen LogP contribution in [0.4, 0.5) is 5.69 Å². The molecule has 0 aliphatic heterocycles. The number of anilines is 1. The van der Waals surface area contributed by atoms with E-state index in [4.69, 9.17) is 26.1 Å². The highest BCUT2D eigenvalue weighted by Crippen LogP contribution is 2.30. The van der Waals surface area contributed by atoms with Gasteiger partial charge in [0.15, 0.2) is 6.10 Å². The van der Waals surface area contributed by atoms with E-state index in [1.165, 1.54) is 0 Å². The second-order valence-electron chi connectivity index (χ2n) is 7.05. The Labute approximate surface area is 195 Å². The molecule has 5 nitrogen and oxygen atoms in total. The molecule has 7 heteroatoms. The van der Waals surface area contributed by atoms with Crippen molar-refractivity contribution in [3.8, 4) is 33.3 Å². The van der Waals surface area contributed by atoms with Crippen molar-refractivity contribution in [2.45, 2.75) is 13.0 Å². The number of amides is 1. The number of ether oxygens (including phenoxy) is 2. The summed E-state index contributed by atoms with van der Waals surface area (Å²) in [6.45, 7) is 1.71. The van der Waals surface area contributed by atoms with Crippen molar-refractivity contribution in [2.75, 3.05) is 12.4 Å². The van der Waals surface area contributed by atoms with Gasteiger partial charge >= 0.3 is 0 Å². The molecule has 0 saturated heterocycles. The number of hydrogen-bond donors (Lipinski definition) is 1. The van der Waals surface area contributed by atoms with Gasteiger partial charge in [-0.25, -0.2) is 4.98 Å². The molecule has 1 aromatic heterocycles. The largest absolute Gasteiger partial charge is 0.497 e. The van der Waals surface area contributed by atoms with Crippen LogP contribution in [0, 0.1) is 0 Å². The van der Waals surface area contributed by atoms with E-state index in [1.807, 2.05) is 53.9 Å². The van der Waals surface area contributed by atoms with E-state index in [9.17, 15) is 4.79 Å². The first kappa shape index (κ1) is 21.9. The zero-order chi connectivity index (χ0) is 22.5. The van der Waals surface area contributed by atoms with Gasteiger partial charge in [0.25, 0.3) is 5.91 Å². The third-order valence-electron chi connectivity index (χ3n) is 4.79. The van der Waals surface area contributed by atoms with Crippen molar-refractivity contribution >= 4 is 34.5 Å². The van der Waals surface area contributed by atoms with E-state index >= 15 is 0 Å². The van der Waals surface area contributed by atoms with E-state index in [0.717, 1.165) is 27.6 Å². The molecule has 1 unspecified atom stereocenters. The van der Waals surface area contributed by atoms with Gasteiger partial charge in [0, 0.05) is 27.2 Å². The van der Waals surface area contributed by atoms with E-state index < -0.39 is 6.10 Å². The first-order chi connectivity index (χ1) is 15.5. The van der Waals surface area contributed by atoms with E-state index in [0.29, 0.717) is 16.5 Å². The molecule has 32 heavy (non-hydrogen) atoms. The molecular formula is C25H21ClN2O3S. The van der Waals surface area contributed by atoms with Gasteiger partial charge in [-0.2, -0.15) is 0 Å². The van der Waals surface area contributed by atoms with Gasteiger partial charge < -0.3 is 14.8 Å². The lowest BCUT2D eigenvalue weighted by molar-refractivity contribution is -0.122. The molecule has 0 radical (unpaired) electrons. The Kier molecular flexibility index (Phi) is 6.73. The Bertz CT molecular complexity index is 1190. The third-order valence-corrected chi connectivity index (χ3v) is 5.93. The van der Waals surface area contributed by atoms with Crippen LogP contribution in [0.25, 0.3) is 21.8 Å². The van der Waals surface area contributed by atoms with Gasteiger partial charge in [0.05, 0.1) is 12.8 Å². The number of hydrogen-bond acceptors (Lipinski definition) is 5. The molecule has 4 aromatic rings. The highest BCUT2D eigenvalue weighted by molar-refractivity contribution is 7.13. The number of carbonyl (C=O) groups is 1. The number of rotatable bonds is 7. The number of carbonyl (C=O) groups excluding carboxylic acids is 1. The number of thiazole rings is 1. The Balaban J connectivity index is 1.38. The second-order valence-corrected chi connectivity index (χ2v) is 8.34. The number of halogens is 1. The van der Waals surface area contributed by atoms with Gasteiger partial charge in [-0.05, 0) is 55.5 Å². The molecule has 4 rings (SSSR count). The van der Waals surface area contributed by atoms with Crippen molar-refractivity contribution in [1.82, 2.24) is 4.98 Å². The van der Waals surface area contributed by atoms with Gasteiger partial charge in [0.2, 0.25) is 0 Å². The molecule has 0 bridgehead atoms. The lowest BCUT2D eigenvalue weighted by Gasteiger charge is -2.15. The Morgan fingerprint density at radius 1 is 0.938 bits per heavy atom. The van der Waals surface area contributed by atoms with Crippen LogP contribution in [0.5, 0.6) is 11.5 Å². The molecule has 3 aromatic carbocycles. The van der Waals surface area contributed by atoms with Crippen LogP contribution in [0.1, 0.15) is 6.92 Å². The minimum Gasteiger partial charge on any atom is -0.497 e. The van der Waals surface area contributed by atoms with E-state index in [-0.39, 0.29) is 5.91 Å². The van der Waals surface area contributed by atoms with Gasteiger partial charge in [0.1, 0.15) is 16.5 Å². The summed E-state index contributed by atoms with van der Waals surface area (Å²) in [6, 6.07) is 22.3. The van der Waals surface area contributed by atoms with Crippen molar-refractivity contribution in [3.05, 3.63) is 83.2 Å². The molecule has 1 atom stereocenters. The van der Waals surface area contributed by atoms with Gasteiger partial charge in [-0.15, -0.1) is 11.3 Å². The van der Waals surface area contributed by atoms with Crippen LogP contribution in [0.2, 0.25) is 5.02 Å². The summed E-state index contributed by atoms with van der Waals surface area (Å²) in [5.41, 5.74) is 3.58. The highest BCUT2D eigenvalue weighted by Gasteiger charge is 2.15. The van der Waals surface area contributed by atoms with Crippen LogP contribution >= 0.6 is 22.9 Å². The lowest BCUT2D eigenvalue weighted by Crippen LogP contribution is -2.30.